The Morgan fingerprint density at radius 2 is 1.95 bits per heavy atom. The molecule has 20 heavy (non-hydrogen) atoms. The van der Waals surface area contributed by atoms with Crippen LogP contribution in [-0.4, -0.2) is 17.4 Å². The second kappa shape index (κ2) is 5.17. The lowest BCUT2D eigenvalue weighted by Crippen LogP contribution is -2.42. The molecule has 1 atom stereocenters. The number of fused-ring (bicyclic) bond motifs is 1. The number of nitrogens with zero attached hydrogens (tertiary/aromatic N) is 1. The molecular formula is C16H15ClN2O. The number of nitrogens with one attached hydrogen (secondary N) is 1. The molecule has 2 aromatic rings. The van der Waals surface area contributed by atoms with E-state index in [4.69, 9.17) is 11.6 Å². The number of carbonyl (C=O) groups is 1. The first-order valence-electron chi connectivity index (χ1n) is 6.62. The van der Waals surface area contributed by atoms with Gasteiger partial charge in [-0.2, -0.15) is 0 Å². The first-order chi connectivity index (χ1) is 9.70. The lowest BCUT2D eigenvalue weighted by Gasteiger charge is -2.37. The van der Waals surface area contributed by atoms with Gasteiger partial charge in [-0.3, -0.25) is 4.79 Å². The van der Waals surface area contributed by atoms with Crippen molar-refractivity contribution in [1.29, 1.82) is 0 Å². The summed E-state index contributed by atoms with van der Waals surface area (Å²) >= 11 is 5.99. The van der Waals surface area contributed by atoms with E-state index in [-0.39, 0.29) is 12.1 Å². The van der Waals surface area contributed by atoms with Gasteiger partial charge in [-0.05, 0) is 30.7 Å². The summed E-state index contributed by atoms with van der Waals surface area (Å²) in [6.07, 6.45) is -0.137. The average molecular weight is 287 g/mol. The maximum absolute atomic E-state index is 12.6. The van der Waals surface area contributed by atoms with E-state index in [1.807, 2.05) is 48.2 Å². The van der Waals surface area contributed by atoms with Gasteiger partial charge in [-0.25, -0.2) is 0 Å². The summed E-state index contributed by atoms with van der Waals surface area (Å²) in [4.78, 5) is 14.4. The number of anilines is 1. The lowest BCUT2D eigenvalue weighted by molar-refractivity contribution is 0.0695. The fourth-order valence-electron chi connectivity index (χ4n) is 2.54. The lowest BCUT2D eigenvalue weighted by atomic mass is 10.0. The minimum atomic E-state index is -0.137. The fourth-order valence-corrected chi connectivity index (χ4v) is 2.71. The standard InChI is InChI=1S/C16H15ClN2O/c1-2-19-15(11-6-4-3-5-7-11)18-14-9-8-12(17)10-13(14)16(19)20/h3-10,15,18H,2H2,1H3/t15-/m0/s1. The highest BCUT2D eigenvalue weighted by atomic mass is 35.5. The van der Waals surface area contributed by atoms with Crippen LogP contribution in [-0.2, 0) is 0 Å². The fraction of sp³-hybridized carbons (Fsp3) is 0.188. The molecule has 3 nitrogen and oxygen atoms in total. The van der Waals surface area contributed by atoms with Gasteiger partial charge in [0.25, 0.3) is 5.91 Å². The molecule has 1 N–H and O–H groups in total. The molecule has 0 radical (unpaired) electrons. The van der Waals surface area contributed by atoms with Gasteiger partial charge < -0.3 is 10.2 Å². The third-order valence-electron chi connectivity index (χ3n) is 3.53. The monoisotopic (exact) mass is 286 g/mol. The van der Waals surface area contributed by atoms with Crippen LogP contribution in [0.25, 0.3) is 0 Å². The van der Waals surface area contributed by atoms with Gasteiger partial charge in [0, 0.05) is 17.3 Å². The Morgan fingerprint density at radius 3 is 2.65 bits per heavy atom. The van der Waals surface area contributed by atoms with Crippen molar-refractivity contribution < 1.29 is 4.79 Å². The van der Waals surface area contributed by atoms with E-state index in [2.05, 4.69) is 5.32 Å². The molecule has 0 bridgehead atoms. The van der Waals surface area contributed by atoms with Crippen LogP contribution >= 0.6 is 11.6 Å². The Balaban J connectivity index is 2.06. The van der Waals surface area contributed by atoms with Crippen LogP contribution in [0.2, 0.25) is 5.02 Å². The molecule has 0 aromatic heterocycles. The zero-order valence-corrected chi connectivity index (χ0v) is 11.9. The zero-order chi connectivity index (χ0) is 14.1. The maximum atomic E-state index is 12.6. The molecule has 0 saturated carbocycles. The first kappa shape index (κ1) is 13.0. The third kappa shape index (κ3) is 2.14. The molecule has 3 rings (SSSR count). The van der Waals surface area contributed by atoms with E-state index in [1.165, 1.54) is 0 Å². The molecule has 0 spiro atoms. The van der Waals surface area contributed by atoms with Crippen molar-refractivity contribution in [2.45, 2.75) is 13.1 Å². The molecule has 1 heterocycles. The number of halogens is 1. The van der Waals surface area contributed by atoms with Gasteiger partial charge in [-0.15, -0.1) is 0 Å². The summed E-state index contributed by atoms with van der Waals surface area (Å²) < 4.78 is 0. The second-order valence-corrected chi connectivity index (χ2v) is 5.18. The van der Waals surface area contributed by atoms with Crippen molar-refractivity contribution in [2.75, 3.05) is 11.9 Å². The van der Waals surface area contributed by atoms with Crippen LogP contribution in [0.15, 0.2) is 48.5 Å². The van der Waals surface area contributed by atoms with Crippen molar-refractivity contribution in [3.05, 3.63) is 64.7 Å². The summed E-state index contributed by atoms with van der Waals surface area (Å²) in [6, 6.07) is 15.3. The summed E-state index contributed by atoms with van der Waals surface area (Å²) in [5, 5.41) is 4.00. The van der Waals surface area contributed by atoms with Gasteiger partial charge in [0.1, 0.15) is 6.17 Å². The van der Waals surface area contributed by atoms with Crippen molar-refractivity contribution in [2.24, 2.45) is 0 Å². The van der Waals surface area contributed by atoms with Gasteiger partial charge in [0.2, 0.25) is 0 Å². The second-order valence-electron chi connectivity index (χ2n) is 4.74. The molecule has 0 saturated heterocycles. The van der Waals surface area contributed by atoms with Crippen LogP contribution in [0, 0.1) is 0 Å². The highest BCUT2D eigenvalue weighted by Crippen LogP contribution is 2.34. The van der Waals surface area contributed by atoms with Crippen LogP contribution < -0.4 is 5.32 Å². The molecule has 4 heteroatoms. The van der Waals surface area contributed by atoms with Crippen LogP contribution in [0.5, 0.6) is 0 Å². The number of amides is 1. The Hall–Kier alpha value is -2.00. The Morgan fingerprint density at radius 1 is 1.20 bits per heavy atom. The number of hydrogen-bond donors (Lipinski definition) is 1. The topological polar surface area (TPSA) is 32.3 Å². The molecule has 0 unspecified atom stereocenters. The molecule has 1 amide bonds. The quantitative estimate of drug-likeness (QED) is 0.907. The number of carbonyl (C=O) groups excluding carboxylic acids is 1. The molecule has 1 aliphatic heterocycles. The Kier molecular flexibility index (Phi) is 3.36. The number of hydrogen-bond acceptors (Lipinski definition) is 2. The van der Waals surface area contributed by atoms with Crippen molar-refractivity contribution in [3.63, 3.8) is 0 Å². The Bertz CT molecular complexity index is 642. The molecule has 0 fully saturated rings. The molecule has 2 aromatic carbocycles. The smallest absolute Gasteiger partial charge is 0.257 e. The molecular weight excluding hydrogens is 272 g/mol. The van der Waals surface area contributed by atoms with E-state index >= 15 is 0 Å². The number of benzene rings is 2. The summed E-state index contributed by atoms with van der Waals surface area (Å²) in [5.74, 6) is 0.0117. The van der Waals surface area contributed by atoms with Crippen LogP contribution in [0.1, 0.15) is 29.0 Å². The van der Waals surface area contributed by atoms with Gasteiger partial charge in [-0.1, -0.05) is 41.9 Å². The normalized spacial score (nSPS) is 17.6. The van der Waals surface area contributed by atoms with E-state index in [0.717, 1.165) is 11.3 Å². The van der Waals surface area contributed by atoms with Crippen molar-refractivity contribution in [1.82, 2.24) is 4.90 Å². The third-order valence-corrected chi connectivity index (χ3v) is 3.77. The van der Waals surface area contributed by atoms with Crippen molar-refractivity contribution in [3.8, 4) is 0 Å². The average Bonchev–Trinajstić information content (AvgIpc) is 2.48. The van der Waals surface area contributed by atoms with Crippen LogP contribution in [0.3, 0.4) is 0 Å². The predicted molar refractivity (Wildman–Crippen MR) is 81.0 cm³/mol. The summed E-state index contributed by atoms with van der Waals surface area (Å²) in [7, 11) is 0. The first-order valence-corrected chi connectivity index (χ1v) is 7.00. The highest BCUT2D eigenvalue weighted by molar-refractivity contribution is 6.31. The highest BCUT2D eigenvalue weighted by Gasteiger charge is 2.31. The molecule has 1 aliphatic rings. The Labute approximate surface area is 123 Å². The SMILES string of the molecule is CCN1C(=O)c2cc(Cl)ccc2N[C@@H]1c1ccccc1. The van der Waals surface area contributed by atoms with Crippen molar-refractivity contribution >= 4 is 23.2 Å². The van der Waals surface area contributed by atoms with E-state index < -0.39 is 0 Å². The number of rotatable bonds is 2. The van der Waals surface area contributed by atoms with Gasteiger partial charge in [0.05, 0.1) is 5.56 Å². The molecule has 0 aliphatic carbocycles. The van der Waals surface area contributed by atoms with Gasteiger partial charge >= 0.3 is 0 Å². The minimum Gasteiger partial charge on any atom is -0.361 e. The van der Waals surface area contributed by atoms with E-state index in [0.29, 0.717) is 17.1 Å². The van der Waals surface area contributed by atoms with E-state index in [1.54, 1.807) is 12.1 Å². The van der Waals surface area contributed by atoms with Crippen LogP contribution in [0.4, 0.5) is 5.69 Å². The van der Waals surface area contributed by atoms with E-state index in [9.17, 15) is 4.79 Å². The van der Waals surface area contributed by atoms with Gasteiger partial charge in [0.15, 0.2) is 0 Å². The predicted octanol–water partition coefficient (Wildman–Crippen LogP) is 3.93. The largest absolute Gasteiger partial charge is 0.361 e. The zero-order valence-electron chi connectivity index (χ0n) is 11.1. The maximum Gasteiger partial charge on any atom is 0.257 e. The minimum absolute atomic E-state index is 0.0117. The molecule has 102 valence electrons. The summed E-state index contributed by atoms with van der Waals surface area (Å²) in [6.45, 7) is 2.61. The summed E-state index contributed by atoms with van der Waals surface area (Å²) in [5.41, 5.74) is 2.53.